The van der Waals surface area contributed by atoms with Crippen molar-refractivity contribution in [3.63, 3.8) is 0 Å². The van der Waals surface area contributed by atoms with Crippen LogP contribution in [0.2, 0.25) is 0 Å². The van der Waals surface area contributed by atoms with Crippen molar-refractivity contribution >= 4 is 11.7 Å². The van der Waals surface area contributed by atoms with E-state index < -0.39 is 5.97 Å². The molecule has 1 unspecified atom stereocenters. The maximum absolute atomic E-state index is 11.1. The van der Waals surface area contributed by atoms with Crippen molar-refractivity contribution in [1.29, 1.82) is 0 Å². The summed E-state index contributed by atoms with van der Waals surface area (Å²) in [7, 11) is 1.91. The van der Waals surface area contributed by atoms with Crippen molar-refractivity contribution in [1.82, 2.24) is 24.8 Å². The Morgan fingerprint density at radius 2 is 2.09 bits per heavy atom. The summed E-state index contributed by atoms with van der Waals surface area (Å²) in [5, 5.41) is 25.7. The Balaban J connectivity index is 1.57. The molecule has 1 aliphatic rings. The Morgan fingerprint density at radius 3 is 2.88 bits per heavy atom. The fourth-order valence-corrected chi connectivity index (χ4v) is 4.41. The van der Waals surface area contributed by atoms with Gasteiger partial charge in [-0.15, -0.1) is 5.10 Å². The lowest BCUT2D eigenvalue weighted by Gasteiger charge is -2.21. The minimum Gasteiger partial charge on any atom is -0.481 e. The number of aliphatic carboxylic acids is 1. The molecule has 0 radical (unpaired) electrons. The molecule has 0 bridgehead atoms. The monoisotopic (exact) mass is 428 g/mol. The highest BCUT2D eigenvalue weighted by Gasteiger charge is 2.26. The van der Waals surface area contributed by atoms with Gasteiger partial charge in [0.15, 0.2) is 0 Å². The number of hydrogen-bond acceptors (Lipinski definition) is 5. The van der Waals surface area contributed by atoms with Crippen molar-refractivity contribution in [3.05, 3.63) is 71.7 Å². The third-order valence-electron chi connectivity index (χ3n) is 5.88. The Labute approximate surface area is 185 Å². The number of carbonyl (C=O) groups is 1. The van der Waals surface area contributed by atoms with E-state index in [-0.39, 0.29) is 12.5 Å². The van der Waals surface area contributed by atoms with Gasteiger partial charge in [0.25, 0.3) is 0 Å². The fraction of sp³-hybridized carbons (Fsp3) is 0.250. The van der Waals surface area contributed by atoms with Crippen LogP contribution in [0.4, 0.5) is 5.69 Å². The van der Waals surface area contributed by atoms with E-state index in [4.69, 9.17) is 5.11 Å². The highest BCUT2D eigenvalue weighted by atomic mass is 16.4. The first kappa shape index (κ1) is 20.0. The number of aromatic nitrogens is 5. The second-order valence-electron chi connectivity index (χ2n) is 8.21. The summed E-state index contributed by atoms with van der Waals surface area (Å²) in [4.78, 5) is 11.1. The molecule has 2 aromatic carbocycles. The van der Waals surface area contributed by atoms with Crippen molar-refractivity contribution in [2.24, 2.45) is 7.05 Å². The van der Waals surface area contributed by atoms with Gasteiger partial charge in [-0.3, -0.25) is 9.48 Å². The zero-order chi connectivity index (χ0) is 22.2. The van der Waals surface area contributed by atoms with Crippen LogP contribution in [0.1, 0.15) is 29.3 Å². The highest BCUT2D eigenvalue weighted by Crippen LogP contribution is 2.39. The number of carboxylic acids is 1. The number of anilines is 1. The third-order valence-corrected chi connectivity index (χ3v) is 5.88. The van der Waals surface area contributed by atoms with Crippen LogP contribution < -0.4 is 5.32 Å². The summed E-state index contributed by atoms with van der Waals surface area (Å²) < 4.78 is 3.77. The quantitative estimate of drug-likeness (QED) is 0.501. The van der Waals surface area contributed by atoms with E-state index in [2.05, 4.69) is 38.9 Å². The van der Waals surface area contributed by atoms with Gasteiger partial charge in [-0.25, -0.2) is 4.68 Å². The second kappa shape index (κ2) is 7.96. The zero-order valence-corrected chi connectivity index (χ0v) is 18.0. The molecule has 0 amide bonds. The van der Waals surface area contributed by atoms with Gasteiger partial charge in [-0.2, -0.15) is 5.10 Å². The molecule has 2 aromatic heterocycles. The first-order valence-corrected chi connectivity index (χ1v) is 10.6. The molecular weight excluding hydrogens is 404 g/mol. The molecule has 0 saturated heterocycles. The van der Waals surface area contributed by atoms with Gasteiger partial charge in [0.2, 0.25) is 0 Å². The molecule has 162 valence electrons. The zero-order valence-electron chi connectivity index (χ0n) is 18.0. The molecule has 0 spiro atoms. The molecule has 1 aliphatic heterocycles. The third kappa shape index (κ3) is 3.75. The van der Waals surface area contributed by atoms with E-state index >= 15 is 0 Å². The van der Waals surface area contributed by atoms with E-state index in [1.165, 1.54) is 5.56 Å². The summed E-state index contributed by atoms with van der Waals surface area (Å²) in [5.41, 5.74) is 8.06. The number of aryl methyl sites for hydroxylation is 3. The number of rotatable bonds is 5. The average Bonchev–Trinajstić information content (AvgIpc) is 3.32. The summed E-state index contributed by atoms with van der Waals surface area (Å²) in [6, 6.07) is 14.1. The summed E-state index contributed by atoms with van der Waals surface area (Å²) >= 11 is 0. The lowest BCUT2D eigenvalue weighted by atomic mass is 9.93. The largest absolute Gasteiger partial charge is 0.481 e. The highest BCUT2D eigenvalue weighted by molar-refractivity contribution is 5.74. The number of hydrogen-bond donors (Lipinski definition) is 2. The Hall–Kier alpha value is -3.94. The van der Waals surface area contributed by atoms with Crippen LogP contribution in [0.5, 0.6) is 0 Å². The lowest BCUT2D eigenvalue weighted by molar-refractivity contribution is -0.136. The Bertz CT molecular complexity index is 1310. The molecule has 4 aromatic rings. The van der Waals surface area contributed by atoms with Gasteiger partial charge in [0.1, 0.15) is 0 Å². The average molecular weight is 428 g/mol. The van der Waals surface area contributed by atoms with Crippen LogP contribution in [-0.4, -0.2) is 35.9 Å². The standard InChI is InChI=1S/C24H24N6O2/c1-15-24-20-7-6-17(18-13-25-29(2)14-18)12-21(20)22(8-9-30(24)28-27-15)26-19-5-3-4-16(10-19)11-23(31)32/h3-7,10,12-14,22,26H,8-9,11H2,1-2H3,(H,31,32). The van der Waals surface area contributed by atoms with Gasteiger partial charge in [-0.05, 0) is 48.2 Å². The number of carboxylic acid groups (broad SMARTS) is 1. The van der Waals surface area contributed by atoms with Gasteiger partial charge < -0.3 is 10.4 Å². The molecule has 5 rings (SSSR count). The molecular formula is C24H24N6O2. The van der Waals surface area contributed by atoms with Gasteiger partial charge >= 0.3 is 5.97 Å². The number of benzene rings is 2. The van der Waals surface area contributed by atoms with Crippen molar-refractivity contribution in [2.45, 2.75) is 32.4 Å². The number of nitrogens with one attached hydrogen (secondary N) is 1. The van der Waals surface area contributed by atoms with E-state index in [0.717, 1.165) is 52.3 Å². The van der Waals surface area contributed by atoms with Gasteiger partial charge in [0.05, 0.1) is 30.0 Å². The molecule has 2 N–H and O–H groups in total. The lowest BCUT2D eigenvalue weighted by Crippen LogP contribution is -2.13. The molecule has 32 heavy (non-hydrogen) atoms. The molecule has 0 fully saturated rings. The normalized spacial score (nSPS) is 15.0. The smallest absolute Gasteiger partial charge is 0.307 e. The van der Waals surface area contributed by atoms with Crippen molar-refractivity contribution in [2.75, 3.05) is 5.32 Å². The topological polar surface area (TPSA) is 97.9 Å². The van der Waals surface area contributed by atoms with E-state index in [0.29, 0.717) is 0 Å². The molecule has 0 aliphatic carbocycles. The minimum absolute atomic E-state index is 0.00215. The van der Waals surface area contributed by atoms with E-state index in [9.17, 15) is 4.79 Å². The van der Waals surface area contributed by atoms with Crippen LogP contribution in [0.25, 0.3) is 22.4 Å². The predicted octanol–water partition coefficient (Wildman–Crippen LogP) is 3.84. The number of nitrogens with zero attached hydrogens (tertiary/aromatic N) is 5. The maximum atomic E-state index is 11.1. The first-order valence-electron chi connectivity index (χ1n) is 10.6. The van der Waals surface area contributed by atoms with Crippen LogP contribution in [0.3, 0.4) is 0 Å². The fourth-order valence-electron chi connectivity index (χ4n) is 4.41. The van der Waals surface area contributed by atoms with E-state index in [1.54, 1.807) is 4.68 Å². The molecule has 8 heteroatoms. The van der Waals surface area contributed by atoms with Crippen LogP contribution >= 0.6 is 0 Å². The summed E-state index contributed by atoms with van der Waals surface area (Å²) in [5.74, 6) is -0.837. The van der Waals surface area contributed by atoms with Crippen LogP contribution in [-0.2, 0) is 24.8 Å². The molecule has 8 nitrogen and oxygen atoms in total. The van der Waals surface area contributed by atoms with Gasteiger partial charge in [-0.1, -0.05) is 29.5 Å². The Kier molecular flexibility index (Phi) is 4.97. The summed E-state index contributed by atoms with van der Waals surface area (Å²) in [6.45, 7) is 2.72. The summed E-state index contributed by atoms with van der Waals surface area (Å²) in [6.07, 6.45) is 4.70. The second-order valence-corrected chi connectivity index (χ2v) is 8.21. The van der Waals surface area contributed by atoms with Crippen molar-refractivity contribution in [3.8, 4) is 22.4 Å². The molecule has 1 atom stereocenters. The van der Waals surface area contributed by atoms with Crippen molar-refractivity contribution < 1.29 is 9.90 Å². The van der Waals surface area contributed by atoms with E-state index in [1.807, 2.05) is 55.3 Å². The number of fused-ring (bicyclic) bond motifs is 3. The predicted molar refractivity (Wildman–Crippen MR) is 121 cm³/mol. The van der Waals surface area contributed by atoms with Gasteiger partial charge in [0, 0.05) is 36.6 Å². The molecule has 0 saturated carbocycles. The van der Waals surface area contributed by atoms with Crippen LogP contribution in [0, 0.1) is 6.92 Å². The van der Waals surface area contributed by atoms with Crippen LogP contribution in [0.15, 0.2) is 54.9 Å². The minimum atomic E-state index is -0.837. The Morgan fingerprint density at radius 1 is 1.22 bits per heavy atom. The molecule has 3 heterocycles. The first-order chi connectivity index (χ1) is 15.5. The SMILES string of the molecule is Cc1nnn2c1-c1ccc(-c3cnn(C)c3)cc1C(Nc1cccc(CC(=O)O)c1)CC2. The maximum Gasteiger partial charge on any atom is 0.307 e.